The molecular weight excluding hydrogens is 462 g/mol. The Bertz CT molecular complexity index is 1350. The summed E-state index contributed by atoms with van der Waals surface area (Å²) in [5.41, 5.74) is 3.03. The molecule has 0 aromatic heterocycles. The van der Waals surface area contributed by atoms with Crippen LogP contribution in [0.25, 0.3) is 6.08 Å². The second kappa shape index (κ2) is 9.83. The van der Waals surface area contributed by atoms with Crippen LogP contribution < -0.4 is 28.4 Å². The minimum atomic E-state index is -0.202. The smallest absolute Gasteiger partial charge is 0.231 e. The summed E-state index contributed by atoms with van der Waals surface area (Å²) in [6.07, 6.45) is 1.66. The van der Waals surface area contributed by atoms with E-state index in [2.05, 4.69) is 4.90 Å². The average Bonchev–Trinajstić information content (AvgIpc) is 3.23. The Hall–Kier alpha value is -4.17. The molecule has 0 amide bonds. The molecule has 0 radical (unpaired) electrons. The predicted molar refractivity (Wildman–Crippen MR) is 133 cm³/mol. The molecule has 3 aromatic carbocycles. The summed E-state index contributed by atoms with van der Waals surface area (Å²) >= 11 is 0. The molecule has 186 valence electrons. The first-order chi connectivity index (χ1) is 17.6. The van der Waals surface area contributed by atoms with Crippen LogP contribution in [0.2, 0.25) is 0 Å². The number of allylic oxidation sites excluding steroid dienone is 1. The molecule has 0 atom stereocenters. The Balaban J connectivity index is 1.45. The Morgan fingerprint density at radius 3 is 2.42 bits per heavy atom. The molecule has 0 aliphatic carbocycles. The van der Waals surface area contributed by atoms with Gasteiger partial charge in [0.05, 0.1) is 39.6 Å². The van der Waals surface area contributed by atoms with Crippen LogP contribution in [0.1, 0.15) is 27.0 Å². The standard InChI is InChI=1S/C28H27NO7/c1-31-21-8-6-5-7-18(21)14-29-15-20-22(35-16-29)12-10-19-25(30)24(36-27(19)20)13-17-9-11-23(32-2)28(34-4)26(17)33-3/h5-13H,14-16H2,1-4H3/b24-13-. The van der Waals surface area contributed by atoms with Crippen LogP contribution >= 0.6 is 0 Å². The molecule has 0 saturated heterocycles. The first-order valence-electron chi connectivity index (χ1n) is 11.4. The van der Waals surface area contributed by atoms with Crippen LogP contribution in [0.15, 0.2) is 54.3 Å². The van der Waals surface area contributed by atoms with E-state index in [-0.39, 0.29) is 11.5 Å². The van der Waals surface area contributed by atoms with Gasteiger partial charge in [-0.15, -0.1) is 0 Å². The van der Waals surface area contributed by atoms with Gasteiger partial charge in [-0.25, -0.2) is 0 Å². The number of nitrogens with zero attached hydrogens (tertiary/aromatic N) is 1. The van der Waals surface area contributed by atoms with E-state index in [1.807, 2.05) is 30.3 Å². The fourth-order valence-electron chi connectivity index (χ4n) is 4.56. The molecule has 0 saturated carbocycles. The molecule has 2 aliphatic rings. The molecule has 3 aromatic rings. The van der Waals surface area contributed by atoms with Crippen molar-refractivity contribution in [2.45, 2.75) is 13.1 Å². The number of hydrogen-bond acceptors (Lipinski definition) is 8. The number of benzene rings is 3. The van der Waals surface area contributed by atoms with E-state index in [0.717, 1.165) is 16.9 Å². The minimum Gasteiger partial charge on any atom is -0.496 e. The van der Waals surface area contributed by atoms with Crippen LogP contribution in [0.3, 0.4) is 0 Å². The summed E-state index contributed by atoms with van der Waals surface area (Å²) in [5.74, 6) is 3.47. The number of Topliss-reactive ketones (excluding diaryl/α,β-unsaturated/α-hetero) is 1. The first-order valence-corrected chi connectivity index (χ1v) is 11.4. The minimum absolute atomic E-state index is 0.200. The topological polar surface area (TPSA) is 75.7 Å². The SMILES string of the molecule is COc1ccccc1CN1COc2ccc3c(c2C1)O/C(=C\c1ccc(OC)c(OC)c1OC)C3=O. The Morgan fingerprint density at radius 1 is 0.889 bits per heavy atom. The third-order valence-corrected chi connectivity index (χ3v) is 6.29. The molecule has 2 heterocycles. The van der Waals surface area contributed by atoms with Gasteiger partial charge in [0.25, 0.3) is 0 Å². The maximum atomic E-state index is 13.3. The van der Waals surface area contributed by atoms with Gasteiger partial charge < -0.3 is 28.4 Å². The van der Waals surface area contributed by atoms with E-state index in [1.165, 1.54) is 14.2 Å². The lowest BCUT2D eigenvalue weighted by molar-refractivity contribution is 0.0865. The van der Waals surface area contributed by atoms with Gasteiger partial charge in [0.2, 0.25) is 11.5 Å². The van der Waals surface area contributed by atoms with Gasteiger partial charge in [-0.3, -0.25) is 9.69 Å². The van der Waals surface area contributed by atoms with E-state index in [1.54, 1.807) is 38.5 Å². The number of para-hydroxylation sites is 1. The Labute approximate surface area is 209 Å². The van der Waals surface area contributed by atoms with Gasteiger partial charge in [0.15, 0.2) is 17.3 Å². The summed E-state index contributed by atoms with van der Waals surface area (Å²) in [6, 6.07) is 15.0. The van der Waals surface area contributed by atoms with Gasteiger partial charge in [-0.1, -0.05) is 18.2 Å². The summed E-state index contributed by atoms with van der Waals surface area (Å²) in [6.45, 7) is 1.62. The number of carbonyl (C=O) groups excluding carboxylic acids is 1. The quantitative estimate of drug-likeness (QED) is 0.443. The van der Waals surface area contributed by atoms with Crippen molar-refractivity contribution in [2.24, 2.45) is 0 Å². The van der Waals surface area contributed by atoms with Crippen molar-refractivity contribution >= 4 is 11.9 Å². The lowest BCUT2D eigenvalue weighted by Gasteiger charge is -2.30. The monoisotopic (exact) mass is 489 g/mol. The zero-order valence-corrected chi connectivity index (χ0v) is 20.6. The van der Waals surface area contributed by atoms with Crippen LogP contribution in [0.4, 0.5) is 0 Å². The van der Waals surface area contributed by atoms with Crippen molar-refractivity contribution in [3.8, 4) is 34.5 Å². The van der Waals surface area contributed by atoms with Gasteiger partial charge in [0.1, 0.15) is 24.0 Å². The molecule has 8 nitrogen and oxygen atoms in total. The molecule has 2 aliphatic heterocycles. The van der Waals surface area contributed by atoms with Crippen LogP contribution in [0, 0.1) is 0 Å². The third kappa shape index (κ3) is 4.09. The number of fused-ring (bicyclic) bond motifs is 3. The van der Waals surface area contributed by atoms with E-state index in [0.29, 0.717) is 59.7 Å². The number of ketones is 1. The number of ether oxygens (including phenoxy) is 6. The van der Waals surface area contributed by atoms with Crippen molar-refractivity contribution in [3.63, 3.8) is 0 Å². The van der Waals surface area contributed by atoms with Crippen molar-refractivity contribution in [1.82, 2.24) is 4.90 Å². The summed E-state index contributed by atoms with van der Waals surface area (Å²) < 4.78 is 34.0. The summed E-state index contributed by atoms with van der Waals surface area (Å²) in [5, 5.41) is 0. The zero-order valence-electron chi connectivity index (χ0n) is 20.6. The van der Waals surface area contributed by atoms with Crippen molar-refractivity contribution in [3.05, 3.63) is 76.5 Å². The number of rotatable bonds is 7. The summed E-state index contributed by atoms with van der Waals surface area (Å²) in [4.78, 5) is 15.4. The highest BCUT2D eigenvalue weighted by Gasteiger charge is 2.34. The maximum Gasteiger partial charge on any atom is 0.231 e. The second-order valence-corrected chi connectivity index (χ2v) is 8.35. The molecule has 0 N–H and O–H groups in total. The van der Waals surface area contributed by atoms with Gasteiger partial charge in [0, 0.05) is 24.2 Å². The van der Waals surface area contributed by atoms with Crippen LogP contribution in [-0.4, -0.2) is 45.9 Å². The fourth-order valence-corrected chi connectivity index (χ4v) is 4.56. The lowest BCUT2D eigenvalue weighted by Crippen LogP contribution is -2.31. The van der Waals surface area contributed by atoms with E-state index >= 15 is 0 Å². The molecular formula is C28H27NO7. The molecule has 8 heteroatoms. The average molecular weight is 490 g/mol. The van der Waals surface area contributed by atoms with Crippen LogP contribution in [0.5, 0.6) is 34.5 Å². The number of carbonyl (C=O) groups is 1. The highest BCUT2D eigenvalue weighted by atomic mass is 16.5. The van der Waals surface area contributed by atoms with Crippen molar-refractivity contribution in [2.75, 3.05) is 35.2 Å². The number of hydrogen-bond donors (Lipinski definition) is 0. The second-order valence-electron chi connectivity index (χ2n) is 8.35. The Kier molecular flexibility index (Phi) is 6.43. The van der Waals surface area contributed by atoms with E-state index in [4.69, 9.17) is 28.4 Å². The van der Waals surface area contributed by atoms with Gasteiger partial charge in [-0.05, 0) is 36.4 Å². The Morgan fingerprint density at radius 2 is 1.67 bits per heavy atom. The normalized spacial score (nSPS) is 15.6. The molecule has 0 bridgehead atoms. The van der Waals surface area contributed by atoms with Crippen molar-refractivity contribution in [1.29, 1.82) is 0 Å². The van der Waals surface area contributed by atoms with Crippen LogP contribution in [-0.2, 0) is 13.1 Å². The lowest BCUT2D eigenvalue weighted by atomic mass is 10.0. The maximum absolute atomic E-state index is 13.3. The van der Waals surface area contributed by atoms with E-state index in [9.17, 15) is 4.79 Å². The molecule has 0 fully saturated rings. The molecule has 0 spiro atoms. The fraction of sp³-hybridized carbons (Fsp3) is 0.250. The molecule has 36 heavy (non-hydrogen) atoms. The number of methoxy groups -OCH3 is 4. The first kappa shape index (κ1) is 23.6. The van der Waals surface area contributed by atoms with Gasteiger partial charge in [-0.2, -0.15) is 0 Å². The largest absolute Gasteiger partial charge is 0.496 e. The zero-order chi connectivity index (χ0) is 25.2. The predicted octanol–water partition coefficient (Wildman–Crippen LogP) is 4.69. The third-order valence-electron chi connectivity index (χ3n) is 6.29. The van der Waals surface area contributed by atoms with Gasteiger partial charge >= 0.3 is 0 Å². The molecule has 0 unspecified atom stereocenters. The summed E-state index contributed by atoms with van der Waals surface area (Å²) in [7, 11) is 6.29. The van der Waals surface area contributed by atoms with Crippen molar-refractivity contribution < 1.29 is 33.2 Å². The highest BCUT2D eigenvalue weighted by Crippen LogP contribution is 2.44. The highest BCUT2D eigenvalue weighted by molar-refractivity contribution is 6.15. The van der Waals surface area contributed by atoms with E-state index < -0.39 is 0 Å². The molecule has 5 rings (SSSR count).